The van der Waals surface area contributed by atoms with Gasteiger partial charge in [-0.2, -0.15) is 4.65 Å². The van der Waals surface area contributed by atoms with Crippen molar-refractivity contribution in [3.05, 3.63) is 53.6 Å². The van der Waals surface area contributed by atoms with E-state index < -0.39 is 6.09 Å². The Balaban J connectivity index is 1.57. The van der Waals surface area contributed by atoms with E-state index in [4.69, 9.17) is 4.74 Å². The number of amides is 1. The second-order valence-electron chi connectivity index (χ2n) is 8.29. The number of fused-ring (bicyclic) bond motifs is 3. The first-order valence-electron chi connectivity index (χ1n) is 9.78. The van der Waals surface area contributed by atoms with Gasteiger partial charge in [-0.05, 0) is 48.7 Å². The Hall–Kier alpha value is -2.57. The van der Waals surface area contributed by atoms with E-state index in [0.29, 0.717) is 12.3 Å². The van der Waals surface area contributed by atoms with Crippen LogP contribution >= 0.6 is 0 Å². The van der Waals surface area contributed by atoms with Crippen molar-refractivity contribution in [2.45, 2.75) is 38.3 Å². The lowest BCUT2D eigenvalue weighted by molar-refractivity contribution is -1.10. The van der Waals surface area contributed by atoms with Crippen molar-refractivity contribution >= 4 is 17.5 Å². The number of anilines is 2. The molecule has 1 amide bonds. The Bertz CT molecular complexity index is 927. The van der Waals surface area contributed by atoms with Gasteiger partial charge in [0.15, 0.2) is 0 Å². The fraction of sp³-hybridized carbons (Fsp3) is 0.409. The maximum atomic E-state index is 12.4. The van der Waals surface area contributed by atoms with Gasteiger partial charge in [-0.3, -0.25) is 5.32 Å². The summed E-state index contributed by atoms with van der Waals surface area (Å²) in [5.74, 6) is 0.513. The zero-order chi connectivity index (χ0) is 20.1. The molecule has 0 spiro atoms. The maximum Gasteiger partial charge on any atom is 0.417 e. The second kappa shape index (κ2) is 6.50. The molecule has 0 aromatic heterocycles. The fourth-order valence-electron chi connectivity index (χ4n) is 5.07. The Morgan fingerprint density at radius 3 is 2.86 bits per heavy atom. The normalized spacial score (nSPS) is 28.0. The van der Waals surface area contributed by atoms with E-state index in [2.05, 4.69) is 24.1 Å². The molecule has 2 aliphatic heterocycles. The number of ether oxygens (including phenoxy) is 1. The Morgan fingerprint density at radius 2 is 2.11 bits per heavy atom. The Morgan fingerprint density at radius 1 is 1.36 bits per heavy atom. The molecule has 2 heterocycles. The number of benzene rings is 2. The third-order valence-electron chi connectivity index (χ3n) is 6.36. The van der Waals surface area contributed by atoms with Crippen LogP contribution in [0, 0.1) is 0 Å². The van der Waals surface area contributed by atoms with E-state index in [-0.39, 0.29) is 16.2 Å². The first kappa shape index (κ1) is 18.8. The van der Waals surface area contributed by atoms with Gasteiger partial charge >= 0.3 is 6.09 Å². The topological polar surface area (TPSA) is 61.8 Å². The van der Waals surface area contributed by atoms with E-state index in [1.54, 1.807) is 0 Å². The third-order valence-corrected chi connectivity index (χ3v) is 6.36. The summed E-state index contributed by atoms with van der Waals surface area (Å²) in [5.41, 5.74) is 3.85. The summed E-state index contributed by atoms with van der Waals surface area (Å²) in [6.07, 6.45) is 1.17. The number of likely N-dealkylation sites (tertiary alicyclic amines) is 1. The first-order valence-corrected chi connectivity index (χ1v) is 9.78. The molecule has 28 heavy (non-hydrogen) atoms. The lowest BCUT2D eigenvalue weighted by Gasteiger charge is -2.34. The molecule has 2 unspecified atom stereocenters. The summed E-state index contributed by atoms with van der Waals surface area (Å²) in [4.78, 5) is 14.6. The number of likely N-dealkylation sites (N-methyl/N-ethyl adjacent to an activating group) is 2. The lowest BCUT2D eigenvalue weighted by Crippen LogP contribution is -2.56. The number of nitrogens with zero attached hydrogens (tertiary/aromatic N) is 2. The van der Waals surface area contributed by atoms with Crippen molar-refractivity contribution in [3.8, 4) is 5.75 Å². The van der Waals surface area contributed by atoms with Gasteiger partial charge in [0.2, 0.25) is 6.17 Å². The Labute approximate surface area is 165 Å². The number of carbonyl (C=O) groups excluding carboxylic acids is 1. The van der Waals surface area contributed by atoms with Crippen LogP contribution in [-0.2, 0) is 11.8 Å². The van der Waals surface area contributed by atoms with Crippen LogP contribution in [0.1, 0.15) is 31.4 Å². The third kappa shape index (κ3) is 2.84. The van der Waals surface area contributed by atoms with Gasteiger partial charge in [-0.1, -0.05) is 25.1 Å². The number of nitrogens with one attached hydrogen (secondary N) is 1. The standard InChI is InChI=1S/C22H27N3O3/c1-5-15-8-6-7-9-18(15)23-21(26)28-16-10-11-19-17(14-16)22(2)12-13-25(4,27)20(22)24(19)3/h6-11,14,20,27H,5,12-13H2,1-4H3/p+1/t20?,22-,25?/m0/s1. The highest BCUT2D eigenvalue weighted by atomic mass is 16.6. The predicted molar refractivity (Wildman–Crippen MR) is 109 cm³/mol. The van der Waals surface area contributed by atoms with E-state index in [0.717, 1.165) is 35.3 Å². The number of rotatable bonds is 3. The summed E-state index contributed by atoms with van der Waals surface area (Å²) in [6, 6.07) is 13.5. The van der Waals surface area contributed by atoms with Gasteiger partial charge in [0.1, 0.15) is 19.3 Å². The van der Waals surface area contributed by atoms with Crippen LogP contribution in [0.25, 0.3) is 0 Å². The van der Waals surface area contributed by atoms with Gasteiger partial charge in [-0.25, -0.2) is 10.0 Å². The zero-order valence-corrected chi connectivity index (χ0v) is 16.9. The molecule has 1 fully saturated rings. The molecule has 0 aliphatic carbocycles. The highest BCUT2D eigenvalue weighted by molar-refractivity contribution is 5.87. The molecule has 0 bridgehead atoms. The monoisotopic (exact) mass is 382 g/mol. The van der Waals surface area contributed by atoms with Gasteiger partial charge in [0, 0.05) is 24.8 Å². The minimum atomic E-state index is -0.497. The van der Waals surface area contributed by atoms with Crippen molar-refractivity contribution in [2.24, 2.45) is 0 Å². The van der Waals surface area contributed by atoms with Crippen LogP contribution in [0.5, 0.6) is 5.75 Å². The second-order valence-corrected chi connectivity index (χ2v) is 8.29. The number of hydrogen-bond acceptors (Lipinski definition) is 4. The summed E-state index contributed by atoms with van der Waals surface area (Å²) in [7, 11) is 3.87. The molecule has 1 saturated heterocycles. The van der Waals surface area contributed by atoms with Crippen molar-refractivity contribution in [1.29, 1.82) is 0 Å². The summed E-state index contributed by atoms with van der Waals surface area (Å²) in [5, 5.41) is 13.6. The Kier molecular flexibility index (Phi) is 4.36. The molecular formula is C22H28N3O3+. The number of carbonyl (C=O) groups is 1. The average molecular weight is 382 g/mol. The smallest absolute Gasteiger partial charge is 0.410 e. The highest BCUT2D eigenvalue weighted by Crippen LogP contribution is 2.53. The summed E-state index contributed by atoms with van der Waals surface area (Å²) < 4.78 is 5.57. The lowest BCUT2D eigenvalue weighted by atomic mass is 9.81. The van der Waals surface area contributed by atoms with E-state index in [9.17, 15) is 10.0 Å². The zero-order valence-electron chi connectivity index (χ0n) is 16.9. The summed E-state index contributed by atoms with van der Waals surface area (Å²) in [6.45, 7) is 4.93. The molecular weight excluding hydrogens is 354 g/mol. The number of hydrogen-bond donors (Lipinski definition) is 2. The number of quaternary nitrogens is 1. The number of aryl methyl sites for hydroxylation is 1. The maximum absolute atomic E-state index is 12.4. The molecule has 148 valence electrons. The molecule has 2 aromatic rings. The highest BCUT2D eigenvalue weighted by Gasteiger charge is 2.61. The van der Waals surface area contributed by atoms with E-state index in [1.807, 2.05) is 56.6 Å². The van der Waals surface area contributed by atoms with Crippen molar-refractivity contribution in [2.75, 3.05) is 30.9 Å². The predicted octanol–water partition coefficient (Wildman–Crippen LogP) is 4.13. The average Bonchev–Trinajstić information content (AvgIpc) is 3.04. The molecule has 4 rings (SSSR count). The molecule has 6 heteroatoms. The molecule has 0 saturated carbocycles. The fourth-order valence-corrected chi connectivity index (χ4v) is 5.07. The van der Waals surface area contributed by atoms with Crippen LogP contribution in [-0.4, -0.2) is 42.8 Å². The van der Waals surface area contributed by atoms with Gasteiger partial charge in [0.05, 0.1) is 5.41 Å². The quantitative estimate of drug-likeness (QED) is 0.784. The van der Waals surface area contributed by atoms with Crippen molar-refractivity contribution < 1.29 is 19.4 Å². The van der Waals surface area contributed by atoms with Crippen LogP contribution in [0.4, 0.5) is 16.2 Å². The van der Waals surface area contributed by atoms with Gasteiger partial charge in [0.25, 0.3) is 0 Å². The van der Waals surface area contributed by atoms with Crippen LogP contribution in [0.15, 0.2) is 42.5 Å². The van der Waals surface area contributed by atoms with Crippen LogP contribution < -0.4 is 15.0 Å². The largest absolute Gasteiger partial charge is 0.417 e. The minimum absolute atomic E-state index is 0.0217. The summed E-state index contributed by atoms with van der Waals surface area (Å²) >= 11 is 0. The molecule has 0 radical (unpaired) electrons. The van der Waals surface area contributed by atoms with Crippen LogP contribution in [0.3, 0.4) is 0 Å². The SMILES string of the molecule is CCc1ccccc1NC(=O)Oc1ccc2c(c1)[C@]1(C)CC[N+](C)(O)C1N2C. The molecule has 2 N–H and O–H groups in total. The minimum Gasteiger partial charge on any atom is -0.410 e. The number of para-hydroxylation sites is 1. The van der Waals surface area contributed by atoms with Crippen molar-refractivity contribution in [1.82, 2.24) is 0 Å². The van der Waals surface area contributed by atoms with Gasteiger partial charge < -0.3 is 9.64 Å². The van der Waals surface area contributed by atoms with Gasteiger partial charge in [-0.15, -0.1) is 0 Å². The first-order chi connectivity index (χ1) is 13.3. The van der Waals surface area contributed by atoms with Crippen molar-refractivity contribution in [3.63, 3.8) is 0 Å². The van der Waals surface area contributed by atoms with Crippen LogP contribution in [0.2, 0.25) is 0 Å². The van der Waals surface area contributed by atoms with E-state index in [1.165, 1.54) is 0 Å². The molecule has 2 aliphatic rings. The molecule has 2 aromatic carbocycles. The molecule has 6 nitrogen and oxygen atoms in total. The van der Waals surface area contributed by atoms with E-state index >= 15 is 0 Å². The number of hydroxylamine groups is 3. The molecule has 3 atom stereocenters.